The van der Waals surface area contributed by atoms with Gasteiger partial charge in [-0.1, -0.05) is 30.3 Å². The van der Waals surface area contributed by atoms with E-state index >= 15 is 0 Å². The minimum Gasteiger partial charge on any atom is -0.496 e. The van der Waals surface area contributed by atoms with Gasteiger partial charge in [0.25, 0.3) is 0 Å². The number of hydrogen-bond donors (Lipinski definition) is 1. The molecule has 0 aromatic heterocycles. The minimum atomic E-state index is -0.889. The molecule has 4 rings (SSSR count). The summed E-state index contributed by atoms with van der Waals surface area (Å²) in [5.41, 5.74) is 2.75. The maximum atomic E-state index is 11.3. The summed E-state index contributed by atoms with van der Waals surface area (Å²) in [4.78, 5) is 13.9. The molecule has 2 aromatic rings. The van der Waals surface area contributed by atoms with E-state index in [4.69, 9.17) is 4.74 Å². The van der Waals surface area contributed by atoms with Gasteiger partial charge in [-0.15, -0.1) is 0 Å². The summed E-state index contributed by atoms with van der Waals surface area (Å²) in [5, 5.41) is 9.30. The van der Waals surface area contributed by atoms with Crippen LogP contribution >= 0.6 is 0 Å². The van der Waals surface area contributed by atoms with Crippen LogP contribution in [0.15, 0.2) is 48.5 Å². The van der Waals surface area contributed by atoms with Crippen LogP contribution in [0.3, 0.4) is 0 Å². The molecule has 0 saturated carbocycles. The molecule has 26 heavy (non-hydrogen) atoms. The van der Waals surface area contributed by atoms with Crippen molar-refractivity contribution in [3.05, 3.63) is 65.2 Å². The molecule has 0 amide bonds. The van der Waals surface area contributed by atoms with Gasteiger partial charge in [0.15, 0.2) is 0 Å². The lowest BCUT2D eigenvalue weighted by Gasteiger charge is -2.39. The fourth-order valence-corrected chi connectivity index (χ4v) is 4.76. The molecule has 136 valence electrons. The molecule has 4 nitrogen and oxygen atoms in total. The van der Waals surface area contributed by atoms with Gasteiger partial charge in [-0.2, -0.15) is 0 Å². The molecule has 1 unspecified atom stereocenters. The third kappa shape index (κ3) is 3.21. The number of aromatic carboxylic acids is 1. The summed E-state index contributed by atoms with van der Waals surface area (Å²) in [6, 6.07) is 17.1. The third-order valence-corrected chi connectivity index (χ3v) is 6.04. The summed E-state index contributed by atoms with van der Waals surface area (Å²) in [7, 11) is 1.65. The molecule has 2 fully saturated rings. The first-order valence-electron chi connectivity index (χ1n) is 9.36. The van der Waals surface area contributed by atoms with E-state index in [9.17, 15) is 9.90 Å². The van der Waals surface area contributed by atoms with E-state index in [1.165, 1.54) is 31.2 Å². The van der Waals surface area contributed by atoms with Gasteiger partial charge in [0, 0.05) is 24.2 Å². The van der Waals surface area contributed by atoms with E-state index in [2.05, 4.69) is 35.2 Å². The van der Waals surface area contributed by atoms with Gasteiger partial charge in [0.2, 0.25) is 0 Å². The number of benzene rings is 2. The molecule has 0 spiro atoms. The van der Waals surface area contributed by atoms with Gasteiger partial charge in [-0.3, -0.25) is 4.90 Å². The second-order valence-electron chi connectivity index (χ2n) is 7.47. The Hall–Kier alpha value is -2.33. The highest BCUT2D eigenvalue weighted by atomic mass is 16.5. The molecule has 2 aromatic carbocycles. The lowest BCUT2D eigenvalue weighted by molar-refractivity contribution is 0.0696. The van der Waals surface area contributed by atoms with Crippen molar-refractivity contribution >= 4 is 5.97 Å². The standard InChI is InChI=1S/C22H25NO3/c1-26-21-10-7-16(22(24)25)11-18(21)14-23-19-8-9-20(23)13-17(12-19)15-5-3-2-4-6-15/h2-7,10-11,17,19-20H,8-9,12-14H2,1H3,(H,24,25)/t17?,19-,20+. The van der Waals surface area contributed by atoms with Crippen molar-refractivity contribution in [2.24, 2.45) is 0 Å². The van der Waals surface area contributed by atoms with Crippen molar-refractivity contribution in [3.63, 3.8) is 0 Å². The first-order valence-corrected chi connectivity index (χ1v) is 9.36. The van der Waals surface area contributed by atoms with Gasteiger partial charge in [-0.05, 0) is 55.4 Å². The molecule has 3 atom stereocenters. The van der Waals surface area contributed by atoms with Crippen LogP contribution in [0.1, 0.15) is 53.1 Å². The smallest absolute Gasteiger partial charge is 0.335 e. The number of piperidine rings is 1. The number of carboxylic acids is 1. The summed E-state index contributed by atoms with van der Waals surface area (Å²) in [5.74, 6) is 0.524. The first kappa shape index (κ1) is 17.1. The van der Waals surface area contributed by atoms with Crippen molar-refractivity contribution < 1.29 is 14.6 Å². The van der Waals surface area contributed by atoms with Crippen molar-refractivity contribution in [3.8, 4) is 5.75 Å². The zero-order valence-corrected chi connectivity index (χ0v) is 15.1. The Labute approximate surface area is 154 Å². The highest BCUT2D eigenvalue weighted by Crippen LogP contribution is 2.44. The van der Waals surface area contributed by atoms with Gasteiger partial charge in [-0.25, -0.2) is 4.79 Å². The largest absolute Gasteiger partial charge is 0.496 e. The van der Waals surface area contributed by atoms with Gasteiger partial charge < -0.3 is 9.84 Å². The van der Waals surface area contributed by atoms with E-state index in [0.29, 0.717) is 23.6 Å². The third-order valence-electron chi connectivity index (χ3n) is 6.04. The van der Waals surface area contributed by atoms with E-state index in [0.717, 1.165) is 17.9 Å². The molecule has 0 aliphatic carbocycles. The maximum absolute atomic E-state index is 11.3. The van der Waals surface area contributed by atoms with Gasteiger partial charge >= 0.3 is 5.97 Å². The monoisotopic (exact) mass is 351 g/mol. The zero-order chi connectivity index (χ0) is 18.1. The Bertz CT molecular complexity index is 775. The Morgan fingerprint density at radius 3 is 2.42 bits per heavy atom. The summed E-state index contributed by atoms with van der Waals surface area (Å²) in [6.07, 6.45) is 4.83. The predicted molar refractivity (Wildman–Crippen MR) is 101 cm³/mol. The number of methoxy groups -OCH3 is 1. The Morgan fingerprint density at radius 2 is 1.81 bits per heavy atom. The van der Waals surface area contributed by atoms with Crippen LogP contribution in [0, 0.1) is 0 Å². The van der Waals surface area contributed by atoms with Gasteiger partial charge in [0.05, 0.1) is 12.7 Å². The minimum absolute atomic E-state index is 0.326. The number of ether oxygens (including phenoxy) is 1. The normalized spacial score (nSPS) is 25.2. The fraction of sp³-hybridized carbons (Fsp3) is 0.409. The number of carboxylic acid groups (broad SMARTS) is 1. The Kier molecular flexibility index (Phi) is 4.68. The second-order valence-corrected chi connectivity index (χ2v) is 7.47. The topological polar surface area (TPSA) is 49.8 Å². The Morgan fingerprint density at radius 1 is 1.12 bits per heavy atom. The fourth-order valence-electron chi connectivity index (χ4n) is 4.76. The van der Waals surface area contributed by atoms with Gasteiger partial charge in [0.1, 0.15) is 5.75 Å². The van der Waals surface area contributed by atoms with Crippen molar-refractivity contribution in [2.75, 3.05) is 7.11 Å². The van der Waals surface area contributed by atoms with Crippen molar-refractivity contribution in [1.29, 1.82) is 0 Å². The maximum Gasteiger partial charge on any atom is 0.335 e. The first-order chi connectivity index (χ1) is 12.7. The highest BCUT2D eigenvalue weighted by molar-refractivity contribution is 5.88. The zero-order valence-electron chi connectivity index (χ0n) is 15.1. The SMILES string of the molecule is COc1ccc(C(=O)O)cc1CN1[C@@H]2CC[C@H]1CC(c1ccccc1)C2. The molecule has 2 saturated heterocycles. The molecule has 2 aliphatic rings. The quantitative estimate of drug-likeness (QED) is 0.872. The van der Waals surface area contributed by atoms with Crippen LogP contribution in [-0.2, 0) is 6.54 Å². The molecule has 0 radical (unpaired) electrons. The molecule has 2 aliphatic heterocycles. The average molecular weight is 351 g/mol. The summed E-state index contributed by atoms with van der Waals surface area (Å²) >= 11 is 0. The number of nitrogens with zero attached hydrogens (tertiary/aromatic N) is 1. The number of carbonyl (C=O) groups is 1. The van der Waals surface area contributed by atoms with Crippen LogP contribution in [0.2, 0.25) is 0 Å². The van der Waals surface area contributed by atoms with Crippen LogP contribution in [-0.4, -0.2) is 35.2 Å². The predicted octanol–water partition coefficient (Wildman–Crippen LogP) is 4.30. The van der Waals surface area contributed by atoms with E-state index < -0.39 is 5.97 Å². The Balaban J connectivity index is 1.54. The molecular weight excluding hydrogens is 326 g/mol. The molecule has 2 heterocycles. The average Bonchev–Trinajstić information content (AvgIpc) is 2.90. The van der Waals surface area contributed by atoms with Crippen LogP contribution < -0.4 is 4.74 Å². The lowest BCUT2D eigenvalue weighted by Crippen LogP contribution is -2.41. The van der Waals surface area contributed by atoms with Crippen LogP contribution in [0.25, 0.3) is 0 Å². The summed E-state index contributed by atoms with van der Waals surface area (Å²) < 4.78 is 5.48. The highest BCUT2D eigenvalue weighted by Gasteiger charge is 2.41. The lowest BCUT2D eigenvalue weighted by atomic mass is 9.85. The van der Waals surface area contributed by atoms with Crippen molar-refractivity contribution in [1.82, 2.24) is 4.90 Å². The number of rotatable bonds is 5. The van der Waals surface area contributed by atoms with E-state index in [1.807, 2.05) is 0 Å². The number of hydrogen-bond acceptors (Lipinski definition) is 3. The molecule has 1 N–H and O–H groups in total. The van der Waals surface area contributed by atoms with E-state index in [1.54, 1.807) is 25.3 Å². The molecule has 2 bridgehead atoms. The molecular formula is C22H25NO3. The molecule has 4 heteroatoms. The van der Waals surface area contributed by atoms with Crippen LogP contribution in [0.5, 0.6) is 5.75 Å². The van der Waals surface area contributed by atoms with Crippen LogP contribution in [0.4, 0.5) is 0 Å². The number of fused-ring (bicyclic) bond motifs is 2. The van der Waals surface area contributed by atoms with E-state index in [-0.39, 0.29) is 0 Å². The second kappa shape index (κ2) is 7.12. The van der Waals surface area contributed by atoms with Crippen molar-refractivity contribution in [2.45, 2.75) is 50.2 Å². The summed E-state index contributed by atoms with van der Waals surface area (Å²) in [6.45, 7) is 0.765.